The van der Waals surface area contributed by atoms with Crippen molar-refractivity contribution in [1.29, 1.82) is 0 Å². The Morgan fingerprint density at radius 3 is 2.80 bits per heavy atom. The van der Waals surface area contributed by atoms with E-state index in [0.29, 0.717) is 11.7 Å². The summed E-state index contributed by atoms with van der Waals surface area (Å²) in [6.07, 6.45) is 3.85. The molecule has 4 heterocycles. The Bertz CT molecular complexity index is 1050. The van der Waals surface area contributed by atoms with Gasteiger partial charge in [0, 0.05) is 35.7 Å². The predicted molar refractivity (Wildman–Crippen MR) is 120 cm³/mol. The molecule has 1 N–H and O–H groups in total. The number of carbonyl (C=O) groups excluding carboxylic acids is 1. The van der Waals surface area contributed by atoms with E-state index in [4.69, 9.17) is 17.0 Å². The first-order valence-corrected chi connectivity index (χ1v) is 10.9. The summed E-state index contributed by atoms with van der Waals surface area (Å²) in [6.45, 7) is 4.64. The van der Waals surface area contributed by atoms with Crippen molar-refractivity contribution in [1.82, 2.24) is 24.8 Å². The van der Waals surface area contributed by atoms with Crippen LogP contribution in [0.25, 0.3) is 5.13 Å². The Morgan fingerprint density at radius 1 is 1.30 bits per heavy atom. The van der Waals surface area contributed by atoms with Crippen LogP contribution in [0, 0.1) is 13.8 Å². The molecule has 0 aromatic carbocycles. The Labute approximate surface area is 184 Å². The summed E-state index contributed by atoms with van der Waals surface area (Å²) >= 11 is 7.26. The van der Waals surface area contributed by atoms with Crippen molar-refractivity contribution < 1.29 is 9.53 Å². The quantitative estimate of drug-likeness (QED) is 0.464. The summed E-state index contributed by atoms with van der Waals surface area (Å²) < 4.78 is 7.00. The summed E-state index contributed by atoms with van der Waals surface area (Å²) in [5, 5.41) is 6.93. The lowest BCUT2D eigenvalue weighted by Gasteiger charge is -2.27. The van der Waals surface area contributed by atoms with Crippen LogP contribution in [-0.2, 0) is 9.53 Å². The lowest BCUT2D eigenvalue weighted by atomic mass is 9.96. The van der Waals surface area contributed by atoms with Crippen molar-refractivity contribution in [2.45, 2.75) is 32.4 Å². The van der Waals surface area contributed by atoms with Crippen LogP contribution in [0.1, 0.15) is 41.1 Å². The lowest BCUT2D eigenvalue weighted by Crippen LogP contribution is -2.32. The highest BCUT2D eigenvalue weighted by molar-refractivity contribution is 7.80. The van der Waals surface area contributed by atoms with Gasteiger partial charge in [0.05, 0.1) is 31.3 Å². The fourth-order valence-corrected chi connectivity index (χ4v) is 5.09. The number of aromatic nitrogens is 3. The number of aryl methyl sites for hydroxylation is 1. The number of nitrogens with one attached hydrogen (secondary N) is 1. The zero-order valence-electron chi connectivity index (χ0n) is 17.0. The third kappa shape index (κ3) is 3.70. The van der Waals surface area contributed by atoms with Gasteiger partial charge in [0.25, 0.3) is 0 Å². The monoisotopic (exact) mass is 441 g/mol. The second-order valence-corrected chi connectivity index (χ2v) is 8.38. The zero-order chi connectivity index (χ0) is 21.3. The van der Waals surface area contributed by atoms with Gasteiger partial charge < -0.3 is 15.0 Å². The Hall–Kier alpha value is -2.78. The molecule has 2 atom stereocenters. The van der Waals surface area contributed by atoms with E-state index in [1.54, 1.807) is 17.5 Å². The average Bonchev–Trinajstić information content (AvgIpc) is 3.45. The van der Waals surface area contributed by atoms with E-state index in [2.05, 4.69) is 44.7 Å². The molecule has 1 saturated heterocycles. The molecule has 156 valence electrons. The highest BCUT2D eigenvalue weighted by atomic mass is 32.1. The van der Waals surface area contributed by atoms with Gasteiger partial charge in [-0.05, 0) is 49.8 Å². The molecule has 0 spiro atoms. The first-order chi connectivity index (χ1) is 14.5. The van der Waals surface area contributed by atoms with E-state index in [1.165, 1.54) is 7.11 Å². The highest BCUT2D eigenvalue weighted by Gasteiger charge is 2.41. The average molecular weight is 442 g/mol. The fourth-order valence-electron chi connectivity index (χ4n) is 4.01. The molecule has 1 aliphatic rings. The zero-order valence-corrected chi connectivity index (χ0v) is 18.7. The van der Waals surface area contributed by atoms with Gasteiger partial charge in [-0.1, -0.05) is 6.07 Å². The SMILES string of the molecule is COC(=O)CCN1C(=S)N[C@H](c2ccccn2)[C@H]1c1cc(C)n(-c2nccs2)c1C. The van der Waals surface area contributed by atoms with E-state index in [0.717, 1.165) is 27.8 Å². The number of esters is 1. The number of carbonyl (C=O) groups is 1. The Morgan fingerprint density at radius 2 is 2.13 bits per heavy atom. The third-order valence-electron chi connectivity index (χ3n) is 5.38. The Balaban J connectivity index is 1.78. The molecular formula is C21H23N5O2S2. The van der Waals surface area contributed by atoms with Gasteiger partial charge in [-0.2, -0.15) is 0 Å². The highest BCUT2D eigenvalue weighted by Crippen LogP contribution is 2.41. The summed E-state index contributed by atoms with van der Waals surface area (Å²) in [5.74, 6) is -0.258. The number of thiazole rings is 1. The van der Waals surface area contributed by atoms with Gasteiger partial charge >= 0.3 is 5.97 Å². The van der Waals surface area contributed by atoms with Crippen LogP contribution in [0.3, 0.4) is 0 Å². The molecule has 0 radical (unpaired) electrons. The molecule has 3 aromatic heterocycles. The number of hydrogen-bond acceptors (Lipinski definition) is 6. The standard InChI is InChI=1S/C21H23N5O2S2/c1-13-12-15(14(2)26(13)21-23-9-11-30-21)19-18(16-6-4-5-8-22-16)24-20(29)25(19)10-7-17(27)28-3/h4-6,8-9,11-12,18-19H,7,10H2,1-3H3,(H,24,29)/t18-,19-/m1/s1. The lowest BCUT2D eigenvalue weighted by molar-refractivity contribution is -0.140. The molecule has 0 unspecified atom stereocenters. The topological polar surface area (TPSA) is 72.3 Å². The van der Waals surface area contributed by atoms with Gasteiger partial charge in [-0.25, -0.2) is 4.98 Å². The number of methoxy groups -OCH3 is 1. The third-order valence-corrected chi connectivity index (χ3v) is 6.49. The van der Waals surface area contributed by atoms with E-state index in [-0.39, 0.29) is 24.5 Å². The summed E-state index contributed by atoms with van der Waals surface area (Å²) in [7, 11) is 1.40. The second kappa shape index (κ2) is 8.53. The van der Waals surface area contributed by atoms with E-state index in [9.17, 15) is 4.79 Å². The first kappa shape index (κ1) is 20.5. The van der Waals surface area contributed by atoms with Crippen molar-refractivity contribution in [2.24, 2.45) is 0 Å². The second-order valence-electron chi connectivity index (χ2n) is 7.12. The molecule has 0 saturated carbocycles. The molecule has 0 aliphatic carbocycles. The maximum Gasteiger partial charge on any atom is 0.307 e. The number of rotatable bonds is 6. The largest absolute Gasteiger partial charge is 0.469 e. The van der Waals surface area contributed by atoms with E-state index in [1.807, 2.05) is 29.8 Å². The maximum absolute atomic E-state index is 11.8. The minimum absolute atomic E-state index is 0.100. The van der Waals surface area contributed by atoms with E-state index >= 15 is 0 Å². The number of pyridine rings is 1. The molecule has 1 aliphatic heterocycles. The van der Waals surface area contributed by atoms with Gasteiger partial charge in [0.1, 0.15) is 0 Å². The normalized spacial score (nSPS) is 18.5. The van der Waals surface area contributed by atoms with Crippen LogP contribution >= 0.6 is 23.6 Å². The smallest absolute Gasteiger partial charge is 0.307 e. The molecule has 9 heteroatoms. The minimum Gasteiger partial charge on any atom is -0.469 e. The molecule has 0 amide bonds. The van der Waals surface area contributed by atoms with Crippen LogP contribution < -0.4 is 5.32 Å². The van der Waals surface area contributed by atoms with Gasteiger partial charge in [-0.15, -0.1) is 11.3 Å². The molecule has 4 rings (SSSR count). The fraction of sp³-hybridized carbons (Fsp3) is 0.333. The van der Waals surface area contributed by atoms with Crippen molar-refractivity contribution >= 4 is 34.6 Å². The molecule has 3 aromatic rings. The van der Waals surface area contributed by atoms with E-state index < -0.39 is 0 Å². The van der Waals surface area contributed by atoms with Crippen LogP contribution in [0.15, 0.2) is 42.0 Å². The van der Waals surface area contributed by atoms with Gasteiger partial charge in [0.2, 0.25) is 0 Å². The van der Waals surface area contributed by atoms with Crippen LogP contribution in [0.4, 0.5) is 0 Å². The molecule has 0 bridgehead atoms. The van der Waals surface area contributed by atoms with Crippen molar-refractivity contribution in [3.05, 3.63) is 64.7 Å². The molecule has 30 heavy (non-hydrogen) atoms. The minimum atomic E-state index is -0.258. The number of hydrogen-bond donors (Lipinski definition) is 1. The summed E-state index contributed by atoms with van der Waals surface area (Å²) in [5.41, 5.74) is 4.24. The predicted octanol–water partition coefficient (Wildman–Crippen LogP) is 3.48. The number of ether oxygens (including phenoxy) is 1. The molecule has 7 nitrogen and oxygen atoms in total. The van der Waals surface area contributed by atoms with Gasteiger partial charge in [0.15, 0.2) is 10.2 Å². The number of thiocarbonyl (C=S) groups is 1. The maximum atomic E-state index is 11.8. The van der Waals surface area contributed by atoms with Crippen molar-refractivity contribution in [2.75, 3.05) is 13.7 Å². The molecular weight excluding hydrogens is 418 g/mol. The molecule has 1 fully saturated rings. The Kier molecular flexibility index (Phi) is 5.83. The first-order valence-electron chi connectivity index (χ1n) is 9.65. The van der Waals surface area contributed by atoms with Crippen LogP contribution in [0.5, 0.6) is 0 Å². The van der Waals surface area contributed by atoms with Gasteiger partial charge in [-0.3, -0.25) is 14.3 Å². The summed E-state index contributed by atoms with van der Waals surface area (Å²) in [4.78, 5) is 22.9. The van der Waals surface area contributed by atoms with Crippen molar-refractivity contribution in [3.8, 4) is 5.13 Å². The van der Waals surface area contributed by atoms with Crippen LogP contribution in [0.2, 0.25) is 0 Å². The number of nitrogens with zero attached hydrogens (tertiary/aromatic N) is 4. The summed E-state index contributed by atoms with van der Waals surface area (Å²) in [6, 6.07) is 7.82. The van der Waals surface area contributed by atoms with Crippen LogP contribution in [-0.4, -0.2) is 44.2 Å². The van der Waals surface area contributed by atoms with Crippen molar-refractivity contribution in [3.63, 3.8) is 0 Å².